The van der Waals surface area contributed by atoms with Gasteiger partial charge in [-0.15, -0.1) is 0 Å². The number of hydrogen-bond donors (Lipinski definition) is 1. The van der Waals surface area contributed by atoms with Gasteiger partial charge >= 0.3 is 0 Å². The van der Waals surface area contributed by atoms with Crippen LogP contribution in [0.25, 0.3) is 0 Å². The first-order chi connectivity index (χ1) is 9.04. The van der Waals surface area contributed by atoms with E-state index in [2.05, 4.69) is 0 Å². The van der Waals surface area contributed by atoms with Crippen LogP contribution in [-0.2, 0) is 0 Å². The molecule has 0 aromatic heterocycles. The molecule has 2 aromatic rings. The van der Waals surface area contributed by atoms with Gasteiger partial charge in [0.1, 0.15) is 11.9 Å². The maximum Gasteiger partial charge on any atom is 0.164 e. The van der Waals surface area contributed by atoms with Crippen molar-refractivity contribution in [1.82, 2.24) is 0 Å². The fraction of sp³-hybridized carbons (Fsp3) is 0.143. The summed E-state index contributed by atoms with van der Waals surface area (Å²) in [7, 11) is 1.42. The van der Waals surface area contributed by atoms with Crippen molar-refractivity contribution in [2.24, 2.45) is 0 Å². The summed E-state index contributed by atoms with van der Waals surface area (Å²) in [6.07, 6.45) is -1.36. The third-order valence-electron chi connectivity index (χ3n) is 2.76. The van der Waals surface area contributed by atoms with E-state index in [1.165, 1.54) is 25.3 Å². The Morgan fingerprint density at radius 1 is 1.16 bits per heavy atom. The summed E-state index contributed by atoms with van der Waals surface area (Å²) in [5.74, 6) is -1.75. The van der Waals surface area contributed by atoms with Crippen LogP contribution in [0.4, 0.5) is 8.78 Å². The predicted octanol–water partition coefficient (Wildman–Crippen LogP) is 3.71. The Labute approximate surface area is 114 Å². The third kappa shape index (κ3) is 2.69. The van der Waals surface area contributed by atoms with Crippen LogP contribution in [0.1, 0.15) is 17.2 Å². The largest absolute Gasteiger partial charge is 0.496 e. The molecule has 2 aromatic carbocycles. The van der Waals surface area contributed by atoms with Gasteiger partial charge in [-0.05, 0) is 24.3 Å². The molecular weight excluding hydrogens is 274 g/mol. The van der Waals surface area contributed by atoms with Crippen molar-refractivity contribution in [1.29, 1.82) is 0 Å². The highest BCUT2D eigenvalue weighted by Crippen LogP contribution is 2.33. The average molecular weight is 285 g/mol. The topological polar surface area (TPSA) is 29.5 Å². The second-order valence-corrected chi connectivity index (χ2v) is 4.37. The molecule has 0 radical (unpaired) electrons. The van der Waals surface area contributed by atoms with E-state index in [-0.39, 0.29) is 11.1 Å². The van der Waals surface area contributed by atoms with Crippen molar-refractivity contribution < 1.29 is 18.6 Å². The number of benzene rings is 2. The number of ether oxygens (including phenoxy) is 1. The van der Waals surface area contributed by atoms with Crippen LogP contribution in [0.2, 0.25) is 5.02 Å². The molecule has 1 unspecified atom stereocenters. The summed E-state index contributed by atoms with van der Waals surface area (Å²) < 4.78 is 31.9. The second-order valence-electron chi connectivity index (χ2n) is 3.93. The van der Waals surface area contributed by atoms with Gasteiger partial charge < -0.3 is 9.84 Å². The number of aliphatic hydroxyl groups excluding tert-OH is 1. The smallest absolute Gasteiger partial charge is 0.164 e. The first-order valence-electron chi connectivity index (χ1n) is 5.50. The maximum atomic E-state index is 13.7. The monoisotopic (exact) mass is 284 g/mol. The van der Waals surface area contributed by atoms with E-state index >= 15 is 0 Å². The van der Waals surface area contributed by atoms with E-state index in [1.54, 1.807) is 12.1 Å². The van der Waals surface area contributed by atoms with Crippen LogP contribution < -0.4 is 4.74 Å². The van der Waals surface area contributed by atoms with E-state index in [4.69, 9.17) is 16.3 Å². The Morgan fingerprint density at radius 2 is 1.89 bits per heavy atom. The van der Waals surface area contributed by atoms with Crippen LogP contribution in [0, 0.1) is 11.6 Å². The number of halogens is 3. The highest BCUT2D eigenvalue weighted by atomic mass is 35.5. The molecule has 0 saturated heterocycles. The third-order valence-corrected chi connectivity index (χ3v) is 3.00. The lowest BCUT2D eigenvalue weighted by molar-refractivity contribution is 0.208. The standard InChI is InChI=1S/C14H11ClF2O2/c1-19-12-6-5-8(15)7-10(12)14(18)9-3-2-4-11(16)13(9)17/h2-7,14,18H,1H3. The zero-order valence-electron chi connectivity index (χ0n) is 10.0. The van der Waals surface area contributed by atoms with Gasteiger partial charge in [0.2, 0.25) is 0 Å². The minimum absolute atomic E-state index is 0.166. The van der Waals surface area contributed by atoms with Gasteiger partial charge in [0, 0.05) is 16.1 Å². The summed E-state index contributed by atoms with van der Waals surface area (Å²) in [4.78, 5) is 0. The summed E-state index contributed by atoms with van der Waals surface area (Å²) in [6, 6.07) is 8.21. The van der Waals surface area contributed by atoms with Crippen LogP contribution in [0.15, 0.2) is 36.4 Å². The second kappa shape index (κ2) is 5.55. The lowest BCUT2D eigenvalue weighted by Crippen LogP contribution is -2.06. The molecule has 0 heterocycles. The van der Waals surface area contributed by atoms with Gasteiger partial charge in [-0.1, -0.05) is 23.7 Å². The molecule has 0 bridgehead atoms. The molecule has 0 aliphatic rings. The predicted molar refractivity (Wildman–Crippen MR) is 68.4 cm³/mol. The van der Waals surface area contributed by atoms with E-state index in [0.717, 1.165) is 6.07 Å². The zero-order valence-corrected chi connectivity index (χ0v) is 10.8. The molecule has 0 fully saturated rings. The van der Waals surface area contributed by atoms with Gasteiger partial charge in [-0.2, -0.15) is 0 Å². The molecule has 2 rings (SSSR count). The maximum absolute atomic E-state index is 13.7. The highest BCUT2D eigenvalue weighted by Gasteiger charge is 2.21. The summed E-state index contributed by atoms with van der Waals surface area (Å²) >= 11 is 5.84. The number of aliphatic hydroxyl groups is 1. The fourth-order valence-electron chi connectivity index (χ4n) is 1.82. The van der Waals surface area contributed by atoms with Crippen LogP contribution in [0.5, 0.6) is 5.75 Å². The molecule has 0 aliphatic heterocycles. The molecule has 5 heteroatoms. The van der Waals surface area contributed by atoms with Crippen LogP contribution >= 0.6 is 11.6 Å². The van der Waals surface area contributed by atoms with Crippen LogP contribution in [0.3, 0.4) is 0 Å². The number of hydrogen-bond acceptors (Lipinski definition) is 2. The molecule has 1 N–H and O–H groups in total. The van der Waals surface area contributed by atoms with Crippen molar-refractivity contribution in [2.75, 3.05) is 7.11 Å². The highest BCUT2D eigenvalue weighted by molar-refractivity contribution is 6.30. The van der Waals surface area contributed by atoms with Gasteiger partial charge in [0.05, 0.1) is 7.11 Å². The Morgan fingerprint density at radius 3 is 2.58 bits per heavy atom. The SMILES string of the molecule is COc1ccc(Cl)cc1C(O)c1cccc(F)c1F. The van der Waals surface area contributed by atoms with E-state index < -0.39 is 17.7 Å². The molecular formula is C14H11ClF2O2. The van der Waals surface area contributed by atoms with E-state index in [9.17, 15) is 13.9 Å². The van der Waals surface area contributed by atoms with Gasteiger partial charge in [0.25, 0.3) is 0 Å². The fourth-order valence-corrected chi connectivity index (χ4v) is 2.00. The first-order valence-corrected chi connectivity index (χ1v) is 5.87. The van der Waals surface area contributed by atoms with E-state index in [1.807, 2.05) is 0 Å². The minimum atomic E-state index is -1.36. The molecule has 0 saturated carbocycles. The lowest BCUT2D eigenvalue weighted by atomic mass is 10.00. The molecule has 1 atom stereocenters. The van der Waals surface area contributed by atoms with E-state index in [0.29, 0.717) is 10.8 Å². The van der Waals surface area contributed by atoms with Crippen molar-refractivity contribution in [3.05, 3.63) is 64.2 Å². The van der Waals surface area contributed by atoms with Gasteiger partial charge in [-0.25, -0.2) is 8.78 Å². The first kappa shape index (κ1) is 13.8. The van der Waals surface area contributed by atoms with Crippen molar-refractivity contribution in [3.63, 3.8) is 0 Å². The van der Waals surface area contributed by atoms with Gasteiger partial charge in [-0.3, -0.25) is 0 Å². The molecule has 19 heavy (non-hydrogen) atoms. The molecule has 0 amide bonds. The number of rotatable bonds is 3. The molecule has 0 spiro atoms. The summed E-state index contributed by atoms with van der Waals surface area (Å²) in [6.45, 7) is 0. The van der Waals surface area contributed by atoms with Crippen molar-refractivity contribution in [3.8, 4) is 5.75 Å². The average Bonchev–Trinajstić information content (AvgIpc) is 2.41. The summed E-state index contributed by atoms with van der Waals surface area (Å²) in [5.41, 5.74) is 0.111. The Bertz CT molecular complexity index is 602. The summed E-state index contributed by atoms with van der Waals surface area (Å²) in [5, 5.41) is 10.6. The minimum Gasteiger partial charge on any atom is -0.496 e. The Kier molecular flexibility index (Phi) is 4.02. The molecule has 0 aliphatic carbocycles. The quantitative estimate of drug-likeness (QED) is 0.931. The van der Waals surface area contributed by atoms with Crippen molar-refractivity contribution >= 4 is 11.6 Å². The Hall–Kier alpha value is -1.65. The van der Waals surface area contributed by atoms with Gasteiger partial charge in [0.15, 0.2) is 11.6 Å². The Balaban J connectivity index is 2.52. The van der Waals surface area contributed by atoms with Crippen LogP contribution in [-0.4, -0.2) is 12.2 Å². The molecule has 100 valence electrons. The van der Waals surface area contributed by atoms with Crippen molar-refractivity contribution in [2.45, 2.75) is 6.10 Å². The number of methoxy groups -OCH3 is 1. The zero-order chi connectivity index (χ0) is 14.0. The normalized spacial score (nSPS) is 12.3. The molecule has 2 nitrogen and oxygen atoms in total. The lowest BCUT2D eigenvalue weighted by Gasteiger charge is -2.16.